The first-order valence-electron chi connectivity index (χ1n) is 6.36. The lowest BCUT2D eigenvalue weighted by Crippen LogP contribution is -2.38. The molecule has 0 saturated heterocycles. The number of pyridine rings is 1. The van der Waals surface area contributed by atoms with E-state index in [9.17, 15) is 4.79 Å². The molecule has 0 fully saturated rings. The summed E-state index contributed by atoms with van der Waals surface area (Å²) in [6, 6.07) is 3.51. The molecule has 0 radical (unpaired) electrons. The van der Waals surface area contributed by atoms with E-state index in [0.29, 0.717) is 18.8 Å². The number of ether oxygens (including phenoxy) is 1. The maximum absolute atomic E-state index is 12.0. The summed E-state index contributed by atoms with van der Waals surface area (Å²) in [5.74, 6) is -0.471. The molecule has 1 rings (SSSR count). The van der Waals surface area contributed by atoms with Crippen LogP contribution in [0.1, 0.15) is 25.3 Å². The molecular formula is C13H20N4O3. The maximum Gasteiger partial charge on any atom is 0.231 e. The third kappa shape index (κ3) is 4.42. The Balaban J connectivity index is 2.64. The van der Waals surface area contributed by atoms with Crippen LogP contribution in [-0.2, 0) is 11.3 Å². The van der Waals surface area contributed by atoms with E-state index in [2.05, 4.69) is 15.5 Å². The van der Waals surface area contributed by atoms with Gasteiger partial charge in [-0.2, -0.15) is 0 Å². The topological polar surface area (TPSA) is 110 Å². The quantitative estimate of drug-likeness (QED) is 0.297. The lowest BCUT2D eigenvalue weighted by atomic mass is 10.0. The molecule has 0 spiro atoms. The fraction of sp³-hybridized carbons (Fsp3) is 0.462. The van der Waals surface area contributed by atoms with Crippen molar-refractivity contribution in [1.29, 1.82) is 0 Å². The first-order chi connectivity index (χ1) is 9.62. The number of aromatic nitrogens is 1. The zero-order chi connectivity index (χ0) is 15.0. The van der Waals surface area contributed by atoms with Gasteiger partial charge < -0.3 is 21.0 Å². The van der Waals surface area contributed by atoms with Crippen molar-refractivity contribution in [3.05, 3.63) is 23.9 Å². The second-order valence-electron chi connectivity index (χ2n) is 4.29. The van der Waals surface area contributed by atoms with Gasteiger partial charge in [0.2, 0.25) is 11.8 Å². The summed E-state index contributed by atoms with van der Waals surface area (Å²) in [5.41, 5.74) is 6.39. The van der Waals surface area contributed by atoms with Gasteiger partial charge in [-0.05, 0) is 18.1 Å². The van der Waals surface area contributed by atoms with Gasteiger partial charge in [0.1, 0.15) is 0 Å². The van der Waals surface area contributed by atoms with Crippen LogP contribution in [0.3, 0.4) is 0 Å². The van der Waals surface area contributed by atoms with Crippen LogP contribution in [0.25, 0.3) is 0 Å². The average molecular weight is 280 g/mol. The Morgan fingerprint density at radius 2 is 2.40 bits per heavy atom. The number of carbonyl (C=O) groups is 1. The molecule has 20 heavy (non-hydrogen) atoms. The van der Waals surface area contributed by atoms with Crippen molar-refractivity contribution in [1.82, 2.24) is 10.3 Å². The fourth-order valence-corrected chi connectivity index (χ4v) is 1.76. The van der Waals surface area contributed by atoms with Crippen LogP contribution in [0.5, 0.6) is 5.88 Å². The molecule has 1 atom stereocenters. The Kier molecular flexibility index (Phi) is 6.28. The molecule has 7 nitrogen and oxygen atoms in total. The van der Waals surface area contributed by atoms with Crippen LogP contribution in [0.2, 0.25) is 0 Å². The van der Waals surface area contributed by atoms with Gasteiger partial charge in [0, 0.05) is 18.8 Å². The molecule has 0 aliphatic rings. The molecule has 1 heterocycles. The van der Waals surface area contributed by atoms with Gasteiger partial charge in [0.05, 0.1) is 13.0 Å². The Hall–Kier alpha value is -2.31. The van der Waals surface area contributed by atoms with E-state index in [4.69, 9.17) is 15.7 Å². The third-order valence-electron chi connectivity index (χ3n) is 2.84. The zero-order valence-electron chi connectivity index (χ0n) is 11.7. The van der Waals surface area contributed by atoms with Gasteiger partial charge in [-0.1, -0.05) is 18.5 Å². The largest absolute Gasteiger partial charge is 0.481 e. The number of oxime groups is 1. The van der Waals surface area contributed by atoms with Crippen LogP contribution in [0.15, 0.2) is 23.5 Å². The van der Waals surface area contributed by atoms with Crippen LogP contribution in [0.4, 0.5) is 0 Å². The highest BCUT2D eigenvalue weighted by atomic mass is 16.5. The van der Waals surface area contributed by atoms with E-state index in [1.165, 1.54) is 7.11 Å². The number of carbonyl (C=O) groups excluding carboxylic acids is 1. The number of methoxy groups -OCH3 is 1. The lowest BCUT2D eigenvalue weighted by Gasteiger charge is -2.14. The first kappa shape index (κ1) is 15.7. The van der Waals surface area contributed by atoms with Gasteiger partial charge >= 0.3 is 0 Å². The minimum absolute atomic E-state index is 0.0725. The second-order valence-corrected chi connectivity index (χ2v) is 4.29. The van der Waals surface area contributed by atoms with E-state index in [-0.39, 0.29) is 11.7 Å². The molecule has 1 unspecified atom stereocenters. The van der Waals surface area contributed by atoms with Crippen molar-refractivity contribution < 1.29 is 14.7 Å². The molecule has 0 aromatic carbocycles. The Bertz CT molecular complexity index is 476. The number of nitrogens with two attached hydrogens (primary N) is 1. The molecular weight excluding hydrogens is 260 g/mol. The van der Waals surface area contributed by atoms with E-state index < -0.39 is 5.92 Å². The number of amides is 1. The summed E-state index contributed by atoms with van der Waals surface area (Å²) in [6.45, 7) is 2.26. The van der Waals surface area contributed by atoms with E-state index in [1.54, 1.807) is 18.3 Å². The molecule has 1 aromatic heterocycles. The Morgan fingerprint density at radius 1 is 1.65 bits per heavy atom. The van der Waals surface area contributed by atoms with Crippen LogP contribution in [-0.4, -0.2) is 29.0 Å². The molecule has 1 aromatic rings. The summed E-state index contributed by atoms with van der Waals surface area (Å²) in [4.78, 5) is 16.0. The van der Waals surface area contributed by atoms with Gasteiger partial charge in [0.25, 0.3) is 0 Å². The van der Waals surface area contributed by atoms with Crippen molar-refractivity contribution in [3.8, 4) is 5.88 Å². The summed E-state index contributed by atoms with van der Waals surface area (Å²) in [7, 11) is 1.53. The SMILES string of the molecule is CCCC(C(=O)NCc1ccnc(OC)c1)C(N)=NO. The lowest BCUT2D eigenvalue weighted by molar-refractivity contribution is -0.123. The minimum atomic E-state index is -0.617. The molecule has 1 amide bonds. The van der Waals surface area contributed by atoms with Crippen molar-refractivity contribution in [2.24, 2.45) is 16.8 Å². The monoisotopic (exact) mass is 280 g/mol. The average Bonchev–Trinajstić information content (AvgIpc) is 2.49. The first-order valence-corrected chi connectivity index (χ1v) is 6.36. The molecule has 0 saturated carbocycles. The van der Waals surface area contributed by atoms with Gasteiger partial charge in [-0.25, -0.2) is 4.98 Å². The van der Waals surface area contributed by atoms with Gasteiger partial charge in [0.15, 0.2) is 5.84 Å². The maximum atomic E-state index is 12.0. The van der Waals surface area contributed by atoms with Crippen molar-refractivity contribution >= 4 is 11.7 Å². The van der Waals surface area contributed by atoms with Crippen LogP contribution < -0.4 is 15.8 Å². The highest BCUT2D eigenvalue weighted by molar-refractivity contribution is 6.01. The van der Waals surface area contributed by atoms with Crippen molar-refractivity contribution in [2.45, 2.75) is 26.3 Å². The molecule has 4 N–H and O–H groups in total. The molecule has 110 valence electrons. The normalized spacial score (nSPS) is 12.8. The zero-order valence-corrected chi connectivity index (χ0v) is 11.7. The highest BCUT2D eigenvalue weighted by Crippen LogP contribution is 2.10. The van der Waals surface area contributed by atoms with Crippen LogP contribution in [0, 0.1) is 5.92 Å². The number of nitrogens with zero attached hydrogens (tertiary/aromatic N) is 2. The Morgan fingerprint density at radius 3 is 3.00 bits per heavy atom. The fourth-order valence-electron chi connectivity index (χ4n) is 1.76. The van der Waals surface area contributed by atoms with Gasteiger partial charge in [-0.15, -0.1) is 0 Å². The van der Waals surface area contributed by atoms with Crippen molar-refractivity contribution in [2.75, 3.05) is 7.11 Å². The molecule has 7 heteroatoms. The highest BCUT2D eigenvalue weighted by Gasteiger charge is 2.21. The number of nitrogens with one attached hydrogen (secondary N) is 1. The summed E-state index contributed by atoms with van der Waals surface area (Å²) < 4.78 is 5.01. The van der Waals surface area contributed by atoms with Gasteiger partial charge in [-0.3, -0.25) is 4.79 Å². The molecule has 0 bridgehead atoms. The van der Waals surface area contributed by atoms with E-state index in [1.807, 2.05) is 6.92 Å². The summed E-state index contributed by atoms with van der Waals surface area (Å²) >= 11 is 0. The number of rotatable bonds is 7. The molecule has 0 aliphatic carbocycles. The van der Waals surface area contributed by atoms with Crippen molar-refractivity contribution in [3.63, 3.8) is 0 Å². The van der Waals surface area contributed by atoms with Crippen LogP contribution >= 0.6 is 0 Å². The summed E-state index contributed by atoms with van der Waals surface area (Å²) in [5, 5.41) is 14.4. The Labute approximate surface area is 117 Å². The minimum Gasteiger partial charge on any atom is -0.481 e. The predicted octanol–water partition coefficient (Wildman–Crippen LogP) is 0.869. The van der Waals surface area contributed by atoms with E-state index in [0.717, 1.165) is 12.0 Å². The van der Waals surface area contributed by atoms with E-state index >= 15 is 0 Å². The standard InChI is InChI=1S/C13H20N4O3/c1-3-4-10(12(14)17-19)13(18)16-8-9-5-6-15-11(7-9)20-2/h5-7,10,19H,3-4,8H2,1-2H3,(H2,14,17)(H,16,18). The second kappa shape index (κ2) is 7.98. The molecule has 0 aliphatic heterocycles. The smallest absolute Gasteiger partial charge is 0.231 e. The number of hydrogen-bond acceptors (Lipinski definition) is 5. The summed E-state index contributed by atoms with van der Waals surface area (Å²) in [6.07, 6.45) is 2.90. The third-order valence-corrected chi connectivity index (χ3v) is 2.84. The predicted molar refractivity (Wildman–Crippen MR) is 74.4 cm³/mol. The number of hydrogen-bond donors (Lipinski definition) is 3. The number of amidine groups is 1.